The Kier molecular flexibility index (Phi) is 5.82. The molecule has 0 aromatic heterocycles. The van der Waals surface area contributed by atoms with Crippen LogP contribution < -0.4 is 0 Å². The number of hydrogen-bond acceptors (Lipinski definition) is 5. The van der Waals surface area contributed by atoms with Crippen molar-refractivity contribution in [1.29, 1.82) is 0 Å². The van der Waals surface area contributed by atoms with Crippen LogP contribution in [0.15, 0.2) is 0 Å². The molecular formula is C12H24O5. The molecule has 0 aromatic carbocycles. The van der Waals surface area contributed by atoms with Crippen molar-refractivity contribution in [2.75, 3.05) is 0 Å². The topological polar surface area (TPSA) is 79.2 Å². The van der Waals surface area contributed by atoms with E-state index in [1.54, 1.807) is 6.92 Å². The van der Waals surface area contributed by atoms with Gasteiger partial charge in [0.1, 0.15) is 18.3 Å². The Morgan fingerprint density at radius 1 is 1.18 bits per heavy atom. The summed E-state index contributed by atoms with van der Waals surface area (Å²) in [5, 5.41) is 28.9. The van der Waals surface area contributed by atoms with Gasteiger partial charge >= 0.3 is 0 Å². The first-order chi connectivity index (χ1) is 7.97. The molecule has 1 fully saturated rings. The highest BCUT2D eigenvalue weighted by molar-refractivity contribution is 4.87. The van der Waals surface area contributed by atoms with E-state index in [-0.39, 0.29) is 6.10 Å². The minimum absolute atomic E-state index is 0.0377. The van der Waals surface area contributed by atoms with Crippen LogP contribution in [0.3, 0.4) is 0 Å². The predicted octanol–water partition coefficient (Wildman–Crippen LogP) is 0.409. The van der Waals surface area contributed by atoms with Gasteiger partial charge < -0.3 is 24.8 Å². The summed E-state index contributed by atoms with van der Waals surface area (Å²) in [5.41, 5.74) is 0. The van der Waals surface area contributed by atoms with Crippen molar-refractivity contribution < 1.29 is 24.8 Å². The number of rotatable bonds is 5. The molecule has 1 heterocycles. The first kappa shape index (κ1) is 14.9. The molecule has 0 amide bonds. The number of aliphatic hydroxyl groups is 3. The second-order valence-electron chi connectivity index (χ2n) is 4.77. The summed E-state index contributed by atoms with van der Waals surface area (Å²) >= 11 is 0. The van der Waals surface area contributed by atoms with E-state index in [9.17, 15) is 15.3 Å². The lowest BCUT2D eigenvalue weighted by Crippen LogP contribution is -2.57. The Morgan fingerprint density at radius 3 is 2.41 bits per heavy atom. The second kappa shape index (κ2) is 6.66. The van der Waals surface area contributed by atoms with E-state index in [4.69, 9.17) is 9.47 Å². The lowest BCUT2D eigenvalue weighted by atomic mass is 10.00. The fraction of sp³-hybridized carbons (Fsp3) is 1.00. The van der Waals surface area contributed by atoms with Crippen LogP contribution in [0.4, 0.5) is 0 Å². The SMILES string of the molecule is CCCC[C@@H](C)O[C@@H]1O[C@@H](C)[C@H](O)[C@@H](O)[C@H]1O. The summed E-state index contributed by atoms with van der Waals surface area (Å²) in [6, 6.07) is 0. The van der Waals surface area contributed by atoms with Crippen molar-refractivity contribution in [2.24, 2.45) is 0 Å². The van der Waals surface area contributed by atoms with Gasteiger partial charge in [0.25, 0.3) is 0 Å². The molecule has 1 aliphatic rings. The van der Waals surface area contributed by atoms with Gasteiger partial charge in [0, 0.05) is 0 Å². The molecule has 5 heteroatoms. The third-order valence-electron chi connectivity index (χ3n) is 3.14. The highest BCUT2D eigenvalue weighted by Crippen LogP contribution is 2.23. The maximum Gasteiger partial charge on any atom is 0.186 e. The Hall–Kier alpha value is -0.200. The van der Waals surface area contributed by atoms with E-state index >= 15 is 0 Å². The average molecular weight is 248 g/mol. The molecule has 17 heavy (non-hydrogen) atoms. The molecule has 0 aromatic rings. The van der Waals surface area contributed by atoms with Crippen LogP contribution in [0.5, 0.6) is 0 Å². The van der Waals surface area contributed by atoms with E-state index < -0.39 is 30.7 Å². The molecule has 1 rings (SSSR count). The Labute approximate surface area is 102 Å². The fourth-order valence-corrected chi connectivity index (χ4v) is 1.91. The quantitative estimate of drug-likeness (QED) is 0.656. The van der Waals surface area contributed by atoms with Crippen molar-refractivity contribution in [3.8, 4) is 0 Å². The molecule has 102 valence electrons. The minimum Gasteiger partial charge on any atom is -0.388 e. The van der Waals surface area contributed by atoms with Gasteiger partial charge in [-0.05, 0) is 20.3 Å². The van der Waals surface area contributed by atoms with Crippen LogP contribution in [0.25, 0.3) is 0 Å². The molecule has 6 atom stereocenters. The van der Waals surface area contributed by atoms with Crippen molar-refractivity contribution in [1.82, 2.24) is 0 Å². The molecule has 0 unspecified atom stereocenters. The Morgan fingerprint density at radius 2 is 1.82 bits per heavy atom. The summed E-state index contributed by atoms with van der Waals surface area (Å²) < 4.78 is 10.9. The molecule has 0 aliphatic carbocycles. The molecule has 1 aliphatic heterocycles. The monoisotopic (exact) mass is 248 g/mol. The van der Waals surface area contributed by atoms with Crippen LogP contribution in [0.1, 0.15) is 40.0 Å². The van der Waals surface area contributed by atoms with Crippen LogP contribution >= 0.6 is 0 Å². The first-order valence-corrected chi connectivity index (χ1v) is 6.32. The zero-order chi connectivity index (χ0) is 13.0. The number of ether oxygens (including phenoxy) is 2. The lowest BCUT2D eigenvalue weighted by Gasteiger charge is -2.39. The van der Waals surface area contributed by atoms with Gasteiger partial charge in [-0.25, -0.2) is 0 Å². The highest BCUT2D eigenvalue weighted by Gasteiger charge is 2.42. The Balaban J connectivity index is 2.47. The third kappa shape index (κ3) is 3.89. The van der Waals surface area contributed by atoms with Gasteiger partial charge in [0.05, 0.1) is 12.2 Å². The second-order valence-corrected chi connectivity index (χ2v) is 4.77. The van der Waals surface area contributed by atoms with E-state index in [2.05, 4.69) is 6.92 Å². The Bertz CT molecular complexity index is 223. The first-order valence-electron chi connectivity index (χ1n) is 6.32. The van der Waals surface area contributed by atoms with Crippen LogP contribution in [-0.4, -0.2) is 52.1 Å². The van der Waals surface area contributed by atoms with Crippen molar-refractivity contribution >= 4 is 0 Å². The maximum atomic E-state index is 9.74. The number of aliphatic hydroxyl groups excluding tert-OH is 3. The standard InChI is InChI=1S/C12H24O5/c1-4-5-6-7(2)16-12-11(15)10(14)9(13)8(3)17-12/h7-15H,4-6H2,1-3H3/t7-,8+,9+,10-,11-,12-/m1/s1. The number of unbranched alkanes of at least 4 members (excludes halogenated alkanes) is 1. The summed E-state index contributed by atoms with van der Waals surface area (Å²) in [6.07, 6.45) is -1.93. The molecule has 0 bridgehead atoms. The minimum atomic E-state index is -1.22. The predicted molar refractivity (Wildman–Crippen MR) is 62.4 cm³/mol. The van der Waals surface area contributed by atoms with Crippen molar-refractivity contribution in [3.05, 3.63) is 0 Å². The van der Waals surface area contributed by atoms with E-state index in [1.165, 1.54) is 0 Å². The summed E-state index contributed by atoms with van der Waals surface area (Å²) in [5.74, 6) is 0. The average Bonchev–Trinajstić information content (AvgIpc) is 2.30. The summed E-state index contributed by atoms with van der Waals surface area (Å²) in [7, 11) is 0. The molecule has 3 N–H and O–H groups in total. The number of hydrogen-bond donors (Lipinski definition) is 3. The van der Waals surface area contributed by atoms with Gasteiger partial charge in [-0.2, -0.15) is 0 Å². The lowest BCUT2D eigenvalue weighted by molar-refractivity contribution is -0.302. The molecule has 0 radical (unpaired) electrons. The van der Waals surface area contributed by atoms with Crippen LogP contribution in [0.2, 0.25) is 0 Å². The fourth-order valence-electron chi connectivity index (χ4n) is 1.91. The maximum absolute atomic E-state index is 9.74. The van der Waals surface area contributed by atoms with Gasteiger partial charge in [-0.15, -0.1) is 0 Å². The van der Waals surface area contributed by atoms with Crippen molar-refractivity contribution in [3.63, 3.8) is 0 Å². The van der Waals surface area contributed by atoms with Crippen LogP contribution in [0, 0.1) is 0 Å². The molecule has 1 saturated heterocycles. The molecule has 5 nitrogen and oxygen atoms in total. The summed E-state index contributed by atoms with van der Waals surface area (Å²) in [6.45, 7) is 5.65. The molecule has 0 saturated carbocycles. The van der Waals surface area contributed by atoms with Gasteiger partial charge in [-0.3, -0.25) is 0 Å². The van der Waals surface area contributed by atoms with Gasteiger partial charge in [0.2, 0.25) is 0 Å². The van der Waals surface area contributed by atoms with Gasteiger partial charge in [-0.1, -0.05) is 19.8 Å². The van der Waals surface area contributed by atoms with Crippen molar-refractivity contribution in [2.45, 2.75) is 76.8 Å². The van der Waals surface area contributed by atoms with E-state index in [0.717, 1.165) is 19.3 Å². The normalized spacial score (nSPS) is 40.2. The van der Waals surface area contributed by atoms with Crippen LogP contribution in [-0.2, 0) is 9.47 Å². The third-order valence-corrected chi connectivity index (χ3v) is 3.14. The van der Waals surface area contributed by atoms with E-state index in [1.807, 2.05) is 6.92 Å². The smallest absolute Gasteiger partial charge is 0.186 e. The van der Waals surface area contributed by atoms with Gasteiger partial charge in [0.15, 0.2) is 6.29 Å². The zero-order valence-corrected chi connectivity index (χ0v) is 10.7. The molecule has 0 spiro atoms. The zero-order valence-electron chi connectivity index (χ0n) is 10.7. The summed E-state index contributed by atoms with van der Waals surface area (Å²) in [4.78, 5) is 0. The van der Waals surface area contributed by atoms with E-state index in [0.29, 0.717) is 0 Å². The largest absolute Gasteiger partial charge is 0.388 e. The highest BCUT2D eigenvalue weighted by atomic mass is 16.7. The molecular weight excluding hydrogens is 224 g/mol.